The maximum Gasteiger partial charge on any atom is 0.101 e. The van der Waals surface area contributed by atoms with Gasteiger partial charge in [0.15, 0.2) is 0 Å². The number of nitrogens with two attached hydrogens (primary N) is 1. The number of nitrogens with zero attached hydrogens (tertiary/aromatic N) is 1. The van der Waals surface area contributed by atoms with Crippen molar-refractivity contribution in [1.82, 2.24) is 0 Å². The van der Waals surface area contributed by atoms with Crippen LogP contribution in [0.15, 0.2) is 29.2 Å². The Morgan fingerprint density at radius 1 is 1.50 bits per heavy atom. The second-order valence-corrected chi connectivity index (χ2v) is 5.46. The van der Waals surface area contributed by atoms with Gasteiger partial charge >= 0.3 is 0 Å². The number of hydrogen-bond acceptors (Lipinski definition) is 3. The van der Waals surface area contributed by atoms with E-state index in [4.69, 9.17) is 22.6 Å². The molecule has 1 aromatic carbocycles. The van der Waals surface area contributed by atoms with Gasteiger partial charge in [-0.1, -0.05) is 23.7 Å². The molecule has 0 fully saturated rings. The highest BCUT2D eigenvalue weighted by Crippen LogP contribution is 2.27. The molecule has 0 aromatic heterocycles. The molecule has 1 atom stereocenters. The molecule has 4 heteroatoms. The first kappa shape index (κ1) is 13.4. The lowest BCUT2D eigenvalue weighted by molar-refractivity contribution is 0.540. The van der Waals surface area contributed by atoms with Gasteiger partial charge in [-0.25, -0.2) is 0 Å². The molecule has 0 aliphatic carbocycles. The summed E-state index contributed by atoms with van der Waals surface area (Å²) in [5, 5.41) is 9.53. The molecule has 2 nitrogen and oxygen atoms in total. The summed E-state index contributed by atoms with van der Waals surface area (Å²) in [6.07, 6.45) is 1.62. The molecule has 0 saturated heterocycles. The van der Waals surface area contributed by atoms with E-state index in [1.807, 2.05) is 24.3 Å². The molecule has 1 aromatic rings. The topological polar surface area (TPSA) is 49.8 Å². The fourth-order valence-corrected chi connectivity index (χ4v) is 2.43. The van der Waals surface area contributed by atoms with Gasteiger partial charge in [-0.15, -0.1) is 11.8 Å². The van der Waals surface area contributed by atoms with Crippen molar-refractivity contribution >= 4 is 23.4 Å². The zero-order chi connectivity index (χ0) is 12.0. The van der Waals surface area contributed by atoms with E-state index < -0.39 is 5.54 Å². The van der Waals surface area contributed by atoms with E-state index in [0.717, 1.165) is 22.1 Å². The van der Waals surface area contributed by atoms with Gasteiger partial charge in [0.25, 0.3) is 0 Å². The number of halogens is 1. The van der Waals surface area contributed by atoms with Crippen molar-refractivity contribution in [2.75, 3.05) is 5.75 Å². The van der Waals surface area contributed by atoms with E-state index in [1.165, 1.54) is 0 Å². The molecular formula is C12H15ClN2S. The van der Waals surface area contributed by atoms with Crippen LogP contribution in [0.5, 0.6) is 0 Å². The molecule has 0 radical (unpaired) electrons. The van der Waals surface area contributed by atoms with Crippen molar-refractivity contribution in [2.45, 2.75) is 30.2 Å². The summed E-state index contributed by atoms with van der Waals surface area (Å²) in [4.78, 5) is 1.08. The molecule has 1 unspecified atom stereocenters. The quantitative estimate of drug-likeness (QED) is 0.647. The van der Waals surface area contributed by atoms with E-state index in [1.54, 1.807) is 18.7 Å². The number of hydrogen-bond donors (Lipinski definition) is 1. The lowest BCUT2D eigenvalue weighted by Crippen LogP contribution is -2.33. The largest absolute Gasteiger partial charge is 0.314 e. The maximum absolute atomic E-state index is 8.75. The van der Waals surface area contributed by atoms with Crippen molar-refractivity contribution < 1.29 is 0 Å². The molecule has 0 spiro atoms. The molecule has 0 bridgehead atoms. The average molecular weight is 255 g/mol. The Labute approximate surface area is 106 Å². The predicted molar refractivity (Wildman–Crippen MR) is 69.6 cm³/mol. The third-order valence-corrected chi connectivity index (χ3v) is 3.79. The molecule has 16 heavy (non-hydrogen) atoms. The van der Waals surface area contributed by atoms with Crippen LogP contribution in [-0.4, -0.2) is 11.3 Å². The Hall–Kier alpha value is -0.690. The van der Waals surface area contributed by atoms with E-state index in [-0.39, 0.29) is 0 Å². The third kappa shape index (κ3) is 4.44. The summed E-state index contributed by atoms with van der Waals surface area (Å²) in [7, 11) is 0. The van der Waals surface area contributed by atoms with Crippen molar-refractivity contribution in [1.29, 1.82) is 5.26 Å². The molecular weight excluding hydrogens is 240 g/mol. The van der Waals surface area contributed by atoms with Crippen LogP contribution < -0.4 is 5.73 Å². The Balaban J connectivity index is 2.33. The number of benzene rings is 1. The molecule has 0 aliphatic heterocycles. The van der Waals surface area contributed by atoms with Crippen LogP contribution >= 0.6 is 23.4 Å². The average Bonchev–Trinajstić information content (AvgIpc) is 2.27. The molecule has 0 heterocycles. The number of nitriles is 1. The molecule has 86 valence electrons. The Morgan fingerprint density at radius 2 is 2.19 bits per heavy atom. The van der Waals surface area contributed by atoms with Crippen molar-refractivity contribution in [3.63, 3.8) is 0 Å². The Morgan fingerprint density at radius 3 is 2.81 bits per heavy atom. The highest BCUT2D eigenvalue weighted by Gasteiger charge is 2.16. The van der Waals surface area contributed by atoms with Crippen molar-refractivity contribution in [3.05, 3.63) is 29.3 Å². The minimum Gasteiger partial charge on any atom is -0.314 e. The monoisotopic (exact) mass is 254 g/mol. The van der Waals surface area contributed by atoms with Crippen LogP contribution in [0.25, 0.3) is 0 Å². The van der Waals surface area contributed by atoms with Crippen LogP contribution in [0.4, 0.5) is 0 Å². The SMILES string of the molecule is CC(N)(C#N)CCCSc1ccccc1Cl. The minimum absolute atomic E-state index is 0.707. The van der Waals surface area contributed by atoms with Crippen LogP contribution in [-0.2, 0) is 0 Å². The normalized spacial score (nSPS) is 14.1. The summed E-state index contributed by atoms with van der Waals surface area (Å²) >= 11 is 7.72. The predicted octanol–water partition coefficient (Wildman–Crippen LogP) is 3.45. The van der Waals surface area contributed by atoms with Gasteiger partial charge in [0.2, 0.25) is 0 Å². The summed E-state index contributed by atoms with van der Waals surface area (Å²) in [5.74, 6) is 0.929. The standard InChI is InChI=1S/C12H15ClN2S/c1-12(15,9-14)7-4-8-16-11-6-3-2-5-10(11)13/h2-3,5-6H,4,7-8,15H2,1H3. The van der Waals surface area contributed by atoms with Crippen LogP contribution in [0.3, 0.4) is 0 Å². The zero-order valence-electron chi connectivity index (χ0n) is 9.24. The lowest BCUT2D eigenvalue weighted by atomic mass is 10.0. The van der Waals surface area contributed by atoms with Crippen LogP contribution in [0.2, 0.25) is 5.02 Å². The summed E-state index contributed by atoms with van der Waals surface area (Å²) in [6.45, 7) is 1.76. The van der Waals surface area contributed by atoms with Gasteiger partial charge in [-0.05, 0) is 37.7 Å². The van der Waals surface area contributed by atoms with E-state index in [0.29, 0.717) is 6.42 Å². The van der Waals surface area contributed by atoms with E-state index in [2.05, 4.69) is 6.07 Å². The van der Waals surface area contributed by atoms with Crippen LogP contribution in [0, 0.1) is 11.3 Å². The molecule has 1 rings (SSSR count). The van der Waals surface area contributed by atoms with Crippen LogP contribution in [0.1, 0.15) is 19.8 Å². The summed E-state index contributed by atoms with van der Waals surface area (Å²) in [6, 6.07) is 9.86. The maximum atomic E-state index is 8.75. The first-order valence-electron chi connectivity index (χ1n) is 5.12. The first-order chi connectivity index (χ1) is 7.55. The summed E-state index contributed by atoms with van der Waals surface area (Å²) < 4.78 is 0. The Kier molecular flexibility index (Phi) is 5.14. The Bertz CT molecular complexity index is 385. The number of rotatable bonds is 5. The number of thioether (sulfide) groups is 1. The second kappa shape index (κ2) is 6.15. The fraction of sp³-hybridized carbons (Fsp3) is 0.417. The van der Waals surface area contributed by atoms with Gasteiger partial charge in [-0.2, -0.15) is 5.26 Å². The van der Waals surface area contributed by atoms with E-state index in [9.17, 15) is 0 Å². The molecule has 2 N–H and O–H groups in total. The third-order valence-electron chi connectivity index (χ3n) is 2.19. The smallest absolute Gasteiger partial charge is 0.101 e. The fourth-order valence-electron chi connectivity index (χ4n) is 1.24. The van der Waals surface area contributed by atoms with Crippen molar-refractivity contribution in [3.8, 4) is 6.07 Å². The molecule has 0 aliphatic rings. The van der Waals surface area contributed by atoms with Gasteiger partial charge in [-0.3, -0.25) is 0 Å². The minimum atomic E-state index is -0.707. The van der Waals surface area contributed by atoms with Gasteiger partial charge < -0.3 is 5.73 Å². The van der Waals surface area contributed by atoms with Gasteiger partial charge in [0, 0.05) is 4.90 Å². The zero-order valence-corrected chi connectivity index (χ0v) is 10.8. The van der Waals surface area contributed by atoms with E-state index >= 15 is 0 Å². The van der Waals surface area contributed by atoms with Crippen molar-refractivity contribution in [2.24, 2.45) is 5.73 Å². The highest BCUT2D eigenvalue weighted by atomic mass is 35.5. The summed E-state index contributed by atoms with van der Waals surface area (Å²) in [5.41, 5.74) is 5.02. The lowest BCUT2D eigenvalue weighted by Gasteiger charge is -2.14. The highest BCUT2D eigenvalue weighted by molar-refractivity contribution is 7.99. The van der Waals surface area contributed by atoms with Gasteiger partial charge in [0.1, 0.15) is 5.54 Å². The first-order valence-corrected chi connectivity index (χ1v) is 6.49. The molecule has 0 amide bonds. The van der Waals surface area contributed by atoms with Gasteiger partial charge in [0.05, 0.1) is 11.1 Å². The second-order valence-electron chi connectivity index (χ2n) is 3.91. The molecule has 0 saturated carbocycles.